The van der Waals surface area contributed by atoms with Crippen LogP contribution in [0.3, 0.4) is 0 Å². The number of benzene rings is 2. The number of nitrogens with zero attached hydrogens (tertiary/aromatic N) is 1. The molecule has 2 N–H and O–H groups in total. The van der Waals surface area contributed by atoms with Crippen LogP contribution >= 0.6 is 0 Å². The zero-order valence-electron chi connectivity index (χ0n) is 17.1. The normalized spacial score (nSPS) is 11.0. The van der Waals surface area contributed by atoms with Crippen LogP contribution < -0.4 is 10.6 Å². The van der Waals surface area contributed by atoms with Crippen LogP contribution in [0, 0.1) is 10.1 Å². The van der Waals surface area contributed by atoms with Crippen molar-refractivity contribution in [1.29, 1.82) is 0 Å². The molecule has 0 aliphatic carbocycles. The highest BCUT2D eigenvalue weighted by Crippen LogP contribution is 2.12. The monoisotopic (exact) mass is 443 g/mol. The summed E-state index contributed by atoms with van der Waals surface area (Å²) in [6.07, 6.45) is 0.187. The number of esters is 2. The SMILES string of the molecule is COC(=O)C(Cc1ccccc1)NC(=O)COC(=O)CNC(=O)c1cccc([N+](=O)[O-])c1. The molecule has 0 saturated carbocycles. The first kappa shape index (κ1) is 24.0. The molecule has 0 radical (unpaired) electrons. The minimum absolute atomic E-state index is 0.00780. The molecule has 2 rings (SSSR count). The topological polar surface area (TPSA) is 154 Å². The maximum Gasteiger partial charge on any atom is 0.328 e. The van der Waals surface area contributed by atoms with Gasteiger partial charge in [-0.25, -0.2) is 4.79 Å². The zero-order valence-corrected chi connectivity index (χ0v) is 17.1. The average Bonchev–Trinajstić information content (AvgIpc) is 2.80. The fourth-order valence-electron chi connectivity index (χ4n) is 2.63. The predicted molar refractivity (Wildman–Crippen MR) is 110 cm³/mol. The Labute approximate surface area is 182 Å². The van der Waals surface area contributed by atoms with E-state index in [9.17, 15) is 29.3 Å². The molecule has 0 bridgehead atoms. The van der Waals surface area contributed by atoms with Crippen molar-refractivity contribution in [3.05, 3.63) is 75.8 Å². The third kappa shape index (κ3) is 7.52. The quantitative estimate of drug-likeness (QED) is 0.310. The molecule has 2 aromatic rings. The lowest BCUT2D eigenvalue weighted by Crippen LogP contribution is -2.45. The van der Waals surface area contributed by atoms with Gasteiger partial charge >= 0.3 is 11.9 Å². The van der Waals surface area contributed by atoms with Gasteiger partial charge in [-0.2, -0.15) is 0 Å². The molecule has 0 heterocycles. The summed E-state index contributed by atoms with van der Waals surface area (Å²) in [6, 6.07) is 13.0. The maximum atomic E-state index is 12.1. The number of nitrogens with one attached hydrogen (secondary N) is 2. The number of ether oxygens (including phenoxy) is 2. The second-order valence-corrected chi connectivity index (χ2v) is 6.48. The van der Waals surface area contributed by atoms with Crippen molar-refractivity contribution in [2.75, 3.05) is 20.3 Å². The van der Waals surface area contributed by atoms with E-state index in [1.165, 1.54) is 25.3 Å². The second-order valence-electron chi connectivity index (χ2n) is 6.48. The molecule has 0 saturated heterocycles. The Morgan fingerprint density at radius 2 is 1.78 bits per heavy atom. The first-order chi connectivity index (χ1) is 15.3. The van der Waals surface area contributed by atoms with Crippen LogP contribution in [0.4, 0.5) is 5.69 Å². The minimum atomic E-state index is -0.970. The van der Waals surface area contributed by atoms with Gasteiger partial charge in [0.05, 0.1) is 12.0 Å². The number of rotatable bonds is 10. The number of amides is 2. The van der Waals surface area contributed by atoms with Gasteiger partial charge in [0.2, 0.25) is 0 Å². The van der Waals surface area contributed by atoms with E-state index in [4.69, 9.17) is 9.47 Å². The lowest BCUT2D eigenvalue weighted by molar-refractivity contribution is -0.384. The molecular formula is C21H21N3O8. The molecule has 2 amide bonds. The minimum Gasteiger partial charge on any atom is -0.467 e. The van der Waals surface area contributed by atoms with Crippen molar-refractivity contribution in [1.82, 2.24) is 10.6 Å². The largest absolute Gasteiger partial charge is 0.467 e. The van der Waals surface area contributed by atoms with Gasteiger partial charge < -0.3 is 20.1 Å². The molecule has 2 aromatic carbocycles. The first-order valence-corrected chi connectivity index (χ1v) is 9.39. The molecule has 1 unspecified atom stereocenters. The van der Waals surface area contributed by atoms with Crippen LogP contribution in [-0.4, -0.2) is 55.0 Å². The highest BCUT2D eigenvalue weighted by molar-refractivity contribution is 5.96. The summed E-state index contributed by atoms with van der Waals surface area (Å²) in [5, 5.41) is 15.4. The summed E-state index contributed by atoms with van der Waals surface area (Å²) >= 11 is 0. The fraction of sp³-hybridized carbons (Fsp3) is 0.238. The van der Waals surface area contributed by atoms with Gasteiger partial charge in [-0.1, -0.05) is 36.4 Å². The number of carbonyl (C=O) groups is 4. The van der Waals surface area contributed by atoms with Crippen molar-refractivity contribution in [2.24, 2.45) is 0 Å². The highest BCUT2D eigenvalue weighted by atomic mass is 16.6. The van der Waals surface area contributed by atoms with E-state index in [0.29, 0.717) is 0 Å². The first-order valence-electron chi connectivity index (χ1n) is 9.39. The Bertz CT molecular complexity index is 994. The maximum absolute atomic E-state index is 12.1. The summed E-state index contributed by atoms with van der Waals surface area (Å²) in [4.78, 5) is 58.0. The van der Waals surface area contributed by atoms with Crippen LogP contribution in [0.5, 0.6) is 0 Å². The van der Waals surface area contributed by atoms with Crippen LogP contribution in [0.15, 0.2) is 54.6 Å². The van der Waals surface area contributed by atoms with Gasteiger partial charge in [-0.15, -0.1) is 0 Å². The van der Waals surface area contributed by atoms with Crippen LogP contribution in [0.25, 0.3) is 0 Å². The molecule has 0 aromatic heterocycles. The van der Waals surface area contributed by atoms with Crippen molar-refractivity contribution in [2.45, 2.75) is 12.5 Å². The predicted octanol–water partition coefficient (Wildman–Crippen LogP) is 0.768. The van der Waals surface area contributed by atoms with Gasteiger partial charge in [0, 0.05) is 24.1 Å². The van der Waals surface area contributed by atoms with Gasteiger partial charge in [0.1, 0.15) is 12.6 Å². The molecule has 1 atom stereocenters. The Balaban J connectivity index is 1.81. The molecule has 11 nitrogen and oxygen atoms in total. The van der Waals surface area contributed by atoms with Gasteiger partial charge in [-0.05, 0) is 11.6 Å². The molecule has 11 heteroatoms. The van der Waals surface area contributed by atoms with Gasteiger partial charge in [0.15, 0.2) is 6.61 Å². The fourth-order valence-corrected chi connectivity index (χ4v) is 2.63. The Morgan fingerprint density at radius 3 is 2.44 bits per heavy atom. The number of non-ortho nitro benzene ring substituents is 1. The smallest absolute Gasteiger partial charge is 0.328 e. The number of nitro benzene ring substituents is 1. The summed E-state index contributed by atoms with van der Waals surface area (Å²) in [5.74, 6) is -3.01. The van der Waals surface area contributed by atoms with Crippen LogP contribution in [0.2, 0.25) is 0 Å². The van der Waals surface area contributed by atoms with E-state index in [0.717, 1.165) is 11.6 Å². The summed E-state index contributed by atoms with van der Waals surface area (Å²) in [7, 11) is 1.19. The van der Waals surface area contributed by atoms with E-state index >= 15 is 0 Å². The van der Waals surface area contributed by atoms with Crippen molar-refractivity contribution >= 4 is 29.4 Å². The van der Waals surface area contributed by atoms with Gasteiger partial charge in [0.25, 0.3) is 17.5 Å². The molecule has 0 aliphatic heterocycles. The number of carbonyl (C=O) groups excluding carboxylic acids is 4. The Kier molecular flexibility index (Phi) is 8.84. The summed E-state index contributed by atoms with van der Waals surface area (Å²) in [6.45, 7) is -1.23. The molecule has 0 aliphatic rings. The molecule has 168 valence electrons. The number of hydrogen-bond donors (Lipinski definition) is 2. The third-order valence-corrected chi connectivity index (χ3v) is 4.18. The summed E-state index contributed by atoms with van der Waals surface area (Å²) in [5.41, 5.74) is 0.517. The average molecular weight is 443 g/mol. The van der Waals surface area contributed by atoms with E-state index in [1.54, 1.807) is 24.3 Å². The molecule has 32 heavy (non-hydrogen) atoms. The number of nitro groups is 1. The number of methoxy groups -OCH3 is 1. The highest BCUT2D eigenvalue weighted by Gasteiger charge is 2.22. The van der Waals surface area contributed by atoms with Crippen molar-refractivity contribution in [3.8, 4) is 0 Å². The second kappa shape index (κ2) is 11.8. The molecule has 0 fully saturated rings. The van der Waals surface area contributed by atoms with Gasteiger partial charge in [-0.3, -0.25) is 24.5 Å². The van der Waals surface area contributed by atoms with Crippen molar-refractivity contribution < 1.29 is 33.6 Å². The van der Waals surface area contributed by atoms with E-state index < -0.39 is 47.9 Å². The molecular weight excluding hydrogens is 422 g/mol. The van der Waals surface area contributed by atoms with E-state index in [2.05, 4.69) is 10.6 Å². The van der Waals surface area contributed by atoms with Crippen LogP contribution in [-0.2, 0) is 30.3 Å². The third-order valence-electron chi connectivity index (χ3n) is 4.18. The number of hydrogen-bond acceptors (Lipinski definition) is 8. The molecule has 0 spiro atoms. The van der Waals surface area contributed by atoms with Crippen molar-refractivity contribution in [3.63, 3.8) is 0 Å². The Hall–Kier alpha value is -4.28. The standard InChI is InChI=1S/C21H21N3O8/c1-31-21(28)17(10-14-6-3-2-4-7-14)23-18(25)13-32-19(26)12-22-20(27)15-8-5-9-16(11-15)24(29)30/h2-9,11,17H,10,12-13H2,1H3,(H,22,27)(H,23,25). The Morgan fingerprint density at radius 1 is 1.06 bits per heavy atom. The lowest BCUT2D eigenvalue weighted by atomic mass is 10.1. The van der Waals surface area contributed by atoms with Crippen LogP contribution in [0.1, 0.15) is 15.9 Å². The summed E-state index contributed by atoms with van der Waals surface area (Å²) < 4.78 is 9.48. The zero-order chi connectivity index (χ0) is 23.5. The van der Waals surface area contributed by atoms with E-state index in [1.807, 2.05) is 6.07 Å². The lowest BCUT2D eigenvalue weighted by Gasteiger charge is -2.16. The van der Waals surface area contributed by atoms with E-state index in [-0.39, 0.29) is 17.7 Å².